The SMILES string of the molecule is NC(CS)c1ccc(OC(F)(F)F)cc1F. The van der Waals surface area contributed by atoms with Gasteiger partial charge in [-0.25, -0.2) is 4.39 Å². The Labute approximate surface area is 94.8 Å². The van der Waals surface area contributed by atoms with E-state index in [2.05, 4.69) is 17.4 Å². The maximum atomic E-state index is 13.3. The third-order valence-corrected chi connectivity index (χ3v) is 2.20. The van der Waals surface area contributed by atoms with Gasteiger partial charge in [0.05, 0.1) is 0 Å². The average molecular weight is 255 g/mol. The number of thiol groups is 1. The monoisotopic (exact) mass is 255 g/mol. The van der Waals surface area contributed by atoms with E-state index in [0.29, 0.717) is 6.07 Å². The van der Waals surface area contributed by atoms with Gasteiger partial charge in [0.1, 0.15) is 11.6 Å². The van der Waals surface area contributed by atoms with Crippen molar-refractivity contribution >= 4 is 12.6 Å². The van der Waals surface area contributed by atoms with Crippen molar-refractivity contribution in [2.24, 2.45) is 5.73 Å². The van der Waals surface area contributed by atoms with Gasteiger partial charge in [-0.15, -0.1) is 13.2 Å². The Kier molecular flexibility index (Phi) is 4.03. The van der Waals surface area contributed by atoms with Crippen LogP contribution in [0.3, 0.4) is 0 Å². The average Bonchev–Trinajstić information content (AvgIpc) is 2.14. The molecule has 0 aromatic heterocycles. The Morgan fingerprint density at radius 3 is 2.44 bits per heavy atom. The van der Waals surface area contributed by atoms with Gasteiger partial charge in [-0.1, -0.05) is 6.07 Å². The minimum absolute atomic E-state index is 0.101. The highest BCUT2D eigenvalue weighted by atomic mass is 32.1. The van der Waals surface area contributed by atoms with E-state index in [4.69, 9.17) is 5.73 Å². The fourth-order valence-corrected chi connectivity index (χ4v) is 1.30. The number of halogens is 4. The van der Waals surface area contributed by atoms with Crippen molar-refractivity contribution in [2.45, 2.75) is 12.4 Å². The molecule has 16 heavy (non-hydrogen) atoms. The summed E-state index contributed by atoms with van der Waals surface area (Å²) in [5.41, 5.74) is 5.59. The first-order valence-corrected chi connectivity index (χ1v) is 4.88. The maximum absolute atomic E-state index is 13.3. The van der Waals surface area contributed by atoms with Gasteiger partial charge in [-0.05, 0) is 6.07 Å². The first-order chi connectivity index (χ1) is 7.33. The first kappa shape index (κ1) is 13.1. The lowest BCUT2D eigenvalue weighted by Gasteiger charge is -2.12. The molecule has 2 nitrogen and oxygen atoms in total. The van der Waals surface area contributed by atoms with Gasteiger partial charge < -0.3 is 10.5 Å². The van der Waals surface area contributed by atoms with E-state index in [1.165, 1.54) is 0 Å². The molecule has 0 aliphatic carbocycles. The summed E-state index contributed by atoms with van der Waals surface area (Å²) < 4.78 is 52.3. The maximum Gasteiger partial charge on any atom is 0.573 e. The number of hydrogen-bond donors (Lipinski definition) is 2. The van der Waals surface area contributed by atoms with Crippen LogP contribution in [0.5, 0.6) is 5.75 Å². The zero-order valence-corrected chi connectivity index (χ0v) is 8.86. The topological polar surface area (TPSA) is 35.2 Å². The van der Waals surface area contributed by atoms with E-state index in [9.17, 15) is 17.6 Å². The minimum Gasteiger partial charge on any atom is -0.406 e. The Bertz CT molecular complexity index is 369. The number of nitrogens with two attached hydrogens (primary N) is 1. The number of benzene rings is 1. The standard InChI is InChI=1S/C9H9F4NOS/c10-7-3-5(15-9(11,12)13)1-2-6(7)8(14)4-16/h1-3,8,16H,4,14H2. The van der Waals surface area contributed by atoms with Crippen molar-refractivity contribution in [3.05, 3.63) is 29.6 Å². The summed E-state index contributed by atoms with van der Waals surface area (Å²) in [6.07, 6.45) is -4.83. The molecule has 0 aliphatic heterocycles. The van der Waals surface area contributed by atoms with Crippen LogP contribution < -0.4 is 10.5 Å². The highest BCUT2D eigenvalue weighted by molar-refractivity contribution is 7.80. The number of ether oxygens (including phenoxy) is 1. The summed E-state index contributed by atoms with van der Waals surface area (Å²) in [6, 6.07) is 2.14. The van der Waals surface area contributed by atoms with E-state index in [1.54, 1.807) is 0 Å². The van der Waals surface area contributed by atoms with E-state index in [0.717, 1.165) is 12.1 Å². The van der Waals surface area contributed by atoms with E-state index in [1.807, 2.05) is 0 Å². The van der Waals surface area contributed by atoms with Crippen LogP contribution in [-0.2, 0) is 0 Å². The lowest BCUT2D eigenvalue weighted by atomic mass is 10.1. The van der Waals surface area contributed by atoms with Gasteiger partial charge >= 0.3 is 6.36 Å². The Morgan fingerprint density at radius 1 is 1.38 bits per heavy atom. The Hall–Kier alpha value is -0.950. The second-order valence-corrected chi connectivity index (χ2v) is 3.39. The quantitative estimate of drug-likeness (QED) is 0.643. The van der Waals surface area contributed by atoms with E-state index in [-0.39, 0.29) is 11.3 Å². The lowest BCUT2D eigenvalue weighted by molar-refractivity contribution is -0.274. The summed E-state index contributed by atoms with van der Waals surface area (Å²) in [4.78, 5) is 0. The van der Waals surface area contributed by atoms with Gasteiger partial charge in [0.2, 0.25) is 0 Å². The molecule has 0 amide bonds. The summed E-state index contributed by atoms with van der Waals surface area (Å²) >= 11 is 3.87. The fraction of sp³-hybridized carbons (Fsp3) is 0.333. The predicted molar refractivity (Wildman–Crippen MR) is 53.9 cm³/mol. The molecule has 7 heteroatoms. The molecule has 90 valence electrons. The largest absolute Gasteiger partial charge is 0.573 e. The summed E-state index contributed by atoms with van der Waals surface area (Å²) in [7, 11) is 0. The van der Waals surface area contributed by atoms with Gasteiger partial charge in [-0.2, -0.15) is 12.6 Å². The predicted octanol–water partition coefficient (Wildman–Crippen LogP) is 2.65. The summed E-state index contributed by atoms with van der Waals surface area (Å²) in [5.74, 6) is -1.26. The number of hydrogen-bond acceptors (Lipinski definition) is 3. The van der Waals surface area contributed by atoms with E-state index >= 15 is 0 Å². The molecule has 1 aromatic rings. The molecule has 1 unspecified atom stereocenters. The smallest absolute Gasteiger partial charge is 0.406 e. The van der Waals surface area contributed by atoms with Crippen LogP contribution >= 0.6 is 12.6 Å². The van der Waals surface area contributed by atoms with Crippen LogP contribution in [0.2, 0.25) is 0 Å². The molecule has 1 aromatic carbocycles. The minimum atomic E-state index is -4.83. The Morgan fingerprint density at radius 2 is 2.00 bits per heavy atom. The molecule has 0 heterocycles. The second kappa shape index (κ2) is 4.92. The van der Waals surface area contributed by atoms with Crippen LogP contribution in [0.15, 0.2) is 18.2 Å². The van der Waals surface area contributed by atoms with Gasteiger partial charge in [-0.3, -0.25) is 0 Å². The molecule has 0 saturated heterocycles. The fourth-order valence-electron chi connectivity index (χ4n) is 1.10. The molecule has 0 spiro atoms. The zero-order chi connectivity index (χ0) is 12.3. The van der Waals surface area contributed by atoms with E-state index < -0.39 is 24.0 Å². The van der Waals surface area contributed by atoms with Crippen molar-refractivity contribution in [3.8, 4) is 5.75 Å². The third kappa shape index (κ3) is 3.57. The second-order valence-electron chi connectivity index (χ2n) is 3.02. The molecule has 0 aliphatic rings. The van der Waals surface area contributed by atoms with Crippen molar-refractivity contribution in [2.75, 3.05) is 5.75 Å². The van der Waals surface area contributed by atoms with Crippen LogP contribution in [0.4, 0.5) is 17.6 Å². The molecular formula is C9H9F4NOS. The normalized spacial score (nSPS) is 13.6. The van der Waals surface area contributed by atoms with Crippen LogP contribution in [0.25, 0.3) is 0 Å². The van der Waals surface area contributed by atoms with Crippen molar-refractivity contribution in [1.29, 1.82) is 0 Å². The molecule has 1 rings (SSSR count). The highest BCUT2D eigenvalue weighted by Gasteiger charge is 2.31. The summed E-state index contributed by atoms with van der Waals surface area (Å²) in [6.45, 7) is 0. The lowest BCUT2D eigenvalue weighted by Crippen LogP contribution is -2.18. The molecule has 0 bridgehead atoms. The zero-order valence-electron chi connectivity index (χ0n) is 7.96. The summed E-state index contributed by atoms with van der Waals surface area (Å²) in [5, 5.41) is 0. The first-order valence-electron chi connectivity index (χ1n) is 4.25. The number of alkyl halides is 3. The Balaban J connectivity index is 2.91. The van der Waals surface area contributed by atoms with Crippen molar-refractivity contribution < 1.29 is 22.3 Å². The van der Waals surface area contributed by atoms with Crippen molar-refractivity contribution in [3.63, 3.8) is 0 Å². The molecule has 0 fully saturated rings. The molecular weight excluding hydrogens is 246 g/mol. The molecule has 0 radical (unpaired) electrons. The molecule has 2 N–H and O–H groups in total. The third-order valence-electron chi connectivity index (χ3n) is 1.80. The molecule has 1 atom stereocenters. The van der Waals surface area contributed by atoms with Gasteiger partial charge in [0.15, 0.2) is 0 Å². The van der Waals surface area contributed by atoms with Crippen molar-refractivity contribution in [1.82, 2.24) is 0 Å². The van der Waals surface area contributed by atoms with Gasteiger partial charge in [0.25, 0.3) is 0 Å². The van der Waals surface area contributed by atoms with Crippen LogP contribution in [-0.4, -0.2) is 12.1 Å². The van der Waals surface area contributed by atoms with Crippen LogP contribution in [0, 0.1) is 5.82 Å². The molecule has 0 saturated carbocycles. The van der Waals surface area contributed by atoms with Crippen LogP contribution in [0.1, 0.15) is 11.6 Å². The van der Waals surface area contributed by atoms with Gasteiger partial charge in [0, 0.05) is 23.4 Å². The highest BCUT2D eigenvalue weighted by Crippen LogP contribution is 2.26. The number of rotatable bonds is 3.